The van der Waals surface area contributed by atoms with Crippen LogP contribution in [-0.2, 0) is 9.63 Å². The third-order valence-corrected chi connectivity index (χ3v) is 4.29. The van der Waals surface area contributed by atoms with Crippen molar-refractivity contribution >= 4 is 17.3 Å². The zero-order valence-electron chi connectivity index (χ0n) is 12.8. The van der Waals surface area contributed by atoms with Gasteiger partial charge in [-0.15, -0.1) is 0 Å². The normalized spacial score (nSPS) is 23.0. The molecule has 0 aliphatic carbocycles. The number of rotatable bonds is 4. The van der Waals surface area contributed by atoms with Crippen LogP contribution in [0.15, 0.2) is 29.4 Å². The molecule has 1 aromatic carbocycles. The Morgan fingerprint density at radius 2 is 2.00 bits per heavy atom. The van der Waals surface area contributed by atoms with E-state index < -0.39 is 12.0 Å². The largest absolute Gasteiger partial charge is 0.382 e. The van der Waals surface area contributed by atoms with Crippen molar-refractivity contribution in [2.24, 2.45) is 10.9 Å². The number of carbonyl (C=O) groups is 1. The van der Waals surface area contributed by atoms with Crippen LogP contribution in [0.25, 0.3) is 0 Å². The van der Waals surface area contributed by atoms with E-state index in [1.165, 1.54) is 12.8 Å². The molecule has 1 fully saturated rings. The number of amides is 1. The fourth-order valence-corrected chi connectivity index (χ4v) is 2.85. The number of nitrogens with zero attached hydrogens (tertiary/aromatic N) is 2. The average molecular weight is 302 g/mol. The fourth-order valence-electron chi connectivity index (χ4n) is 2.85. The lowest BCUT2D eigenvalue weighted by Crippen LogP contribution is -2.36. The molecule has 1 saturated heterocycles. The summed E-state index contributed by atoms with van der Waals surface area (Å²) in [7, 11) is 2.16. The first-order valence-electron chi connectivity index (χ1n) is 7.69. The van der Waals surface area contributed by atoms with Crippen molar-refractivity contribution in [3.63, 3.8) is 0 Å². The molecule has 0 radical (unpaired) electrons. The molecule has 0 saturated carbocycles. The van der Waals surface area contributed by atoms with Crippen molar-refractivity contribution in [2.45, 2.75) is 31.4 Å². The first kappa shape index (κ1) is 14.8. The summed E-state index contributed by atoms with van der Waals surface area (Å²) >= 11 is 0. The summed E-state index contributed by atoms with van der Waals surface area (Å²) in [5.74, 6) is -0.473. The highest BCUT2D eigenvalue weighted by Crippen LogP contribution is 2.20. The van der Waals surface area contributed by atoms with Crippen molar-refractivity contribution in [3.8, 4) is 0 Å². The van der Waals surface area contributed by atoms with Gasteiger partial charge in [0.2, 0.25) is 6.10 Å². The van der Waals surface area contributed by atoms with Gasteiger partial charge in [-0.1, -0.05) is 17.3 Å². The van der Waals surface area contributed by atoms with Gasteiger partial charge in [0.15, 0.2) is 0 Å². The fraction of sp³-hybridized carbons (Fsp3) is 0.500. The number of hydrogen-bond donors (Lipinski definition) is 2. The monoisotopic (exact) mass is 302 g/mol. The summed E-state index contributed by atoms with van der Waals surface area (Å²) in [4.78, 5) is 18.5. The molecule has 3 rings (SSSR count). The van der Waals surface area contributed by atoms with Gasteiger partial charge in [0.1, 0.15) is 0 Å². The Hall–Kier alpha value is -2.08. The van der Waals surface area contributed by atoms with Gasteiger partial charge < -0.3 is 20.8 Å². The number of nitrogens with two attached hydrogens (primary N) is 1. The molecule has 0 spiro atoms. The topological polar surface area (TPSA) is 79.9 Å². The summed E-state index contributed by atoms with van der Waals surface area (Å²) in [5.41, 5.74) is 8.08. The second-order valence-electron chi connectivity index (χ2n) is 6.04. The SMILES string of the molecule is CN1CCC(Nc2ccc(C3=NOC(C(N)=O)C3)cc2)CC1. The van der Waals surface area contributed by atoms with Gasteiger partial charge in [0.25, 0.3) is 5.91 Å². The van der Waals surface area contributed by atoms with Gasteiger partial charge in [-0.05, 0) is 50.7 Å². The van der Waals surface area contributed by atoms with Crippen molar-refractivity contribution in [1.29, 1.82) is 0 Å². The first-order chi connectivity index (χ1) is 10.6. The van der Waals surface area contributed by atoms with Crippen LogP contribution in [0.5, 0.6) is 0 Å². The molecule has 0 bridgehead atoms. The molecule has 118 valence electrons. The summed E-state index contributed by atoms with van der Waals surface area (Å²) < 4.78 is 0. The van der Waals surface area contributed by atoms with Crippen LogP contribution in [0.2, 0.25) is 0 Å². The van der Waals surface area contributed by atoms with Crippen LogP contribution in [0.4, 0.5) is 5.69 Å². The molecule has 6 nitrogen and oxygen atoms in total. The molecule has 1 unspecified atom stereocenters. The highest BCUT2D eigenvalue weighted by Gasteiger charge is 2.26. The molecule has 22 heavy (non-hydrogen) atoms. The predicted octanol–water partition coefficient (Wildman–Crippen LogP) is 1.17. The Kier molecular flexibility index (Phi) is 4.29. The standard InChI is InChI=1S/C16H22N4O2/c1-20-8-6-13(7-9-20)18-12-4-2-11(3-5-12)14-10-15(16(17)21)22-19-14/h2-5,13,15,18H,6-10H2,1H3,(H2,17,21). The van der Waals surface area contributed by atoms with Crippen molar-refractivity contribution < 1.29 is 9.63 Å². The van der Waals surface area contributed by atoms with Crippen molar-refractivity contribution in [2.75, 3.05) is 25.5 Å². The summed E-state index contributed by atoms with van der Waals surface area (Å²) in [6.45, 7) is 2.27. The molecule has 2 heterocycles. The average Bonchev–Trinajstić information content (AvgIpc) is 3.00. The molecular formula is C16H22N4O2. The zero-order chi connectivity index (χ0) is 15.5. The quantitative estimate of drug-likeness (QED) is 0.875. The lowest BCUT2D eigenvalue weighted by Gasteiger charge is -2.30. The Balaban J connectivity index is 1.58. The first-order valence-corrected chi connectivity index (χ1v) is 7.69. The van der Waals surface area contributed by atoms with Gasteiger partial charge in [-0.3, -0.25) is 4.79 Å². The lowest BCUT2D eigenvalue weighted by molar-refractivity contribution is -0.127. The molecule has 1 atom stereocenters. The van der Waals surface area contributed by atoms with E-state index in [0.717, 1.165) is 30.1 Å². The van der Waals surface area contributed by atoms with E-state index in [1.54, 1.807) is 0 Å². The molecule has 1 amide bonds. The van der Waals surface area contributed by atoms with Gasteiger partial charge in [-0.25, -0.2) is 0 Å². The molecule has 2 aliphatic rings. The smallest absolute Gasteiger partial charge is 0.261 e. The third kappa shape index (κ3) is 3.39. The Morgan fingerprint density at radius 1 is 1.32 bits per heavy atom. The predicted molar refractivity (Wildman–Crippen MR) is 85.8 cm³/mol. The maximum Gasteiger partial charge on any atom is 0.261 e. The van der Waals surface area contributed by atoms with Crippen LogP contribution < -0.4 is 11.1 Å². The van der Waals surface area contributed by atoms with Crippen molar-refractivity contribution in [1.82, 2.24) is 4.90 Å². The Labute approximate surface area is 130 Å². The molecule has 2 aliphatic heterocycles. The van der Waals surface area contributed by atoms with E-state index in [0.29, 0.717) is 12.5 Å². The minimum atomic E-state index is -0.632. The number of nitrogens with one attached hydrogen (secondary N) is 1. The molecular weight excluding hydrogens is 280 g/mol. The van der Waals surface area contributed by atoms with E-state index in [-0.39, 0.29) is 0 Å². The van der Waals surface area contributed by atoms with Gasteiger partial charge in [-0.2, -0.15) is 0 Å². The molecule has 1 aromatic rings. The number of hydrogen-bond acceptors (Lipinski definition) is 5. The second-order valence-corrected chi connectivity index (χ2v) is 6.04. The number of carbonyl (C=O) groups excluding carboxylic acids is 1. The number of oxime groups is 1. The summed E-state index contributed by atoms with van der Waals surface area (Å²) in [5, 5.41) is 7.53. The van der Waals surface area contributed by atoms with E-state index in [2.05, 4.69) is 22.4 Å². The number of primary amides is 1. The number of anilines is 1. The van der Waals surface area contributed by atoms with Gasteiger partial charge in [0, 0.05) is 18.2 Å². The second kappa shape index (κ2) is 6.36. The van der Waals surface area contributed by atoms with Crippen LogP contribution in [0.3, 0.4) is 0 Å². The zero-order valence-corrected chi connectivity index (χ0v) is 12.8. The van der Waals surface area contributed by atoms with Gasteiger partial charge in [0.05, 0.1) is 5.71 Å². The van der Waals surface area contributed by atoms with E-state index >= 15 is 0 Å². The summed E-state index contributed by atoms with van der Waals surface area (Å²) in [6, 6.07) is 8.64. The highest BCUT2D eigenvalue weighted by atomic mass is 16.6. The van der Waals surface area contributed by atoms with Crippen LogP contribution >= 0.6 is 0 Å². The number of piperidine rings is 1. The maximum atomic E-state index is 11.1. The van der Waals surface area contributed by atoms with Crippen LogP contribution in [0.1, 0.15) is 24.8 Å². The maximum absolute atomic E-state index is 11.1. The van der Waals surface area contributed by atoms with Gasteiger partial charge >= 0.3 is 0 Å². The van der Waals surface area contributed by atoms with Crippen LogP contribution in [0, 0.1) is 0 Å². The Morgan fingerprint density at radius 3 is 2.59 bits per heavy atom. The molecule has 0 aromatic heterocycles. The minimum absolute atomic E-state index is 0.442. The lowest BCUT2D eigenvalue weighted by atomic mass is 10.0. The van der Waals surface area contributed by atoms with E-state index in [4.69, 9.17) is 10.6 Å². The summed E-state index contributed by atoms with van der Waals surface area (Å²) in [6.07, 6.45) is 2.14. The minimum Gasteiger partial charge on any atom is -0.382 e. The number of likely N-dealkylation sites (tertiary alicyclic amines) is 1. The molecule has 6 heteroatoms. The van der Waals surface area contributed by atoms with Crippen LogP contribution in [-0.4, -0.2) is 48.8 Å². The third-order valence-electron chi connectivity index (χ3n) is 4.29. The van der Waals surface area contributed by atoms with E-state index in [9.17, 15) is 4.79 Å². The molecule has 3 N–H and O–H groups in total. The van der Waals surface area contributed by atoms with Crippen molar-refractivity contribution in [3.05, 3.63) is 29.8 Å². The number of benzene rings is 1. The van der Waals surface area contributed by atoms with E-state index in [1.807, 2.05) is 24.3 Å². The highest BCUT2D eigenvalue weighted by molar-refractivity contribution is 6.04. The Bertz CT molecular complexity index is 562.